The molecule has 25 heavy (non-hydrogen) atoms. The molecule has 1 aromatic carbocycles. The Hall–Kier alpha value is -2.50. The van der Waals surface area contributed by atoms with Crippen LogP contribution in [0.3, 0.4) is 0 Å². The van der Waals surface area contributed by atoms with Crippen LogP contribution in [-0.4, -0.2) is 17.4 Å². The fraction of sp³-hybridized carbons (Fsp3) is 0.368. The Bertz CT molecular complexity index is 705. The van der Waals surface area contributed by atoms with E-state index < -0.39 is 11.6 Å². The third kappa shape index (κ3) is 6.49. The van der Waals surface area contributed by atoms with E-state index in [0.29, 0.717) is 17.7 Å². The molecule has 0 saturated carbocycles. The smallest absolute Gasteiger partial charge is 0.252 e. The van der Waals surface area contributed by atoms with E-state index in [1.165, 1.54) is 18.3 Å². The van der Waals surface area contributed by atoms with Crippen LogP contribution in [0.15, 0.2) is 36.5 Å². The molecule has 0 aliphatic heterocycles. The van der Waals surface area contributed by atoms with Crippen molar-refractivity contribution in [2.75, 3.05) is 6.54 Å². The first-order valence-corrected chi connectivity index (χ1v) is 8.05. The maximum absolute atomic E-state index is 13.1. The maximum atomic E-state index is 13.1. The van der Waals surface area contributed by atoms with E-state index in [9.17, 15) is 13.6 Å². The van der Waals surface area contributed by atoms with Gasteiger partial charge in [-0.3, -0.25) is 4.79 Å². The number of pyridine rings is 1. The molecule has 2 aromatic rings. The SMILES string of the molecule is CC(C)(C)CCNC(=O)c1ccc(OCc2cc(F)cc(F)c2)nc1. The van der Waals surface area contributed by atoms with Crippen molar-refractivity contribution in [3.05, 3.63) is 59.3 Å². The summed E-state index contributed by atoms with van der Waals surface area (Å²) in [6.07, 6.45) is 2.28. The molecule has 6 heteroatoms. The highest BCUT2D eigenvalue weighted by molar-refractivity contribution is 5.93. The van der Waals surface area contributed by atoms with E-state index in [4.69, 9.17) is 4.74 Å². The lowest BCUT2D eigenvalue weighted by Gasteiger charge is -2.18. The van der Waals surface area contributed by atoms with Crippen molar-refractivity contribution in [1.29, 1.82) is 0 Å². The molecular weight excluding hydrogens is 326 g/mol. The molecule has 1 N–H and O–H groups in total. The lowest BCUT2D eigenvalue weighted by molar-refractivity contribution is 0.0949. The van der Waals surface area contributed by atoms with Gasteiger partial charge in [0.2, 0.25) is 5.88 Å². The fourth-order valence-electron chi connectivity index (χ4n) is 2.10. The number of nitrogens with one attached hydrogen (secondary N) is 1. The van der Waals surface area contributed by atoms with Gasteiger partial charge in [-0.15, -0.1) is 0 Å². The van der Waals surface area contributed by atoms with Crippen LogP contribution in [0, 0.1) is 17.0 Å². The zero-order chi connectivity index (χ0) is 18.4. The summed E-state index contributed by atoms with van der Waals surface area (Å²) < 4.78 is 31.6. The fourth-order valence-corrected chi connectivity index (χ4v) is 2.10. The molecule has 0 radical (unpaired) electrons. The average Bonchev–Trinajstić information content (AvgIpc) is 2.51. The second kappa shape index (κ2) is 8.05. The minimum Gasteiger partial charge on any atom is -0.473 e. The van der Waals surface area contributed by atoms with E-state index in [0.717, 1.165) is 12.5 Å². The van der Waals surface area contributed by atoms with Crippen molar-refractivity contribution in [2.45, 2.75) is 33.8 Å². The Morgan fingerprint density at radius 1 is 1.16 bits per heavy atom. The molecule has 0 spiro atoms. The van der Waals surface area contributed by atoms with Crippen LogP contribution in [-0.2, 0) is 6.61 Å². The van der Waals surface area contributed by atoms with Crippen LogP contribution in [0.25, 0.3) is 0 Å². The first-order chi connectivity index (χ1) is 11.7. The number of carbonyl (C=O) groups is 1. The Labute approximate surface area is 146 Å². The number of halogens is 2. The van der Waals surface area contributed by atoms with Gasteiger partial charge >= 0.3 is 0 Å². The molecule has 1 heterocycles. The normalized spacial score (nSPS) is 11.2. The van der Waals surface area contributed by atoms with Gasteiger partial charge in [0.1, 0.15) is 18.2 Å². The molecule has 0 aliphatic rings. The van der Waals surface area contributed by atoms with Gasteiger partial charge < -0.3 is 10.1 Å². The molecule has 0 atom stereocenters. The van der Waals surface area contributed by atoms with Gasteiger partial charge in [-0.05, 0) is 35.6 Å². The summed E-state index contributed by atoms with van der Waals surface area (Å²) in [5, 5.41) is 2.84. The van der Waals surface area contributed by atoms with E-state index in [1.54, 1.807) is 12.1 Å². The molecule has 0 saturated heterocycles. The van der Waals surface area contributed by atoms with Gasteiger partial charge in [0.05, 0.1) is 5.56 Å². The molecule has 0 unspecified atom stereocenters. The third-order valence-electron chi connectivity index (χ3n) is 3.47. The summed E-state index contributed by atoms with van der Waals surface area (Å²) >= 11 is 0. The number of nitrogens with zero attached hydrogens (tertiary/aromatic N) is 1. The zero-order valence-electron chi connectivity index (χ0n) is 14.6. The quantitative estimate of drug-likeness (QED) is 0.855. The minimum absolute atomic E-state index is 0.0151. The topological polar surface area (TPSA) is 51.2 Å². The zero-order valence-corrected chi connectivity index (χ0v) is 14.6. The van der Waals surface area contributed by atoms with Gasteiger partial charge in [0, 0.05) is 24.9 Å². The third-order valence-corrected chi connectivity index (χ3v) is 3.47. The van der Waals surface area contributed by atoms with Gasteiger partial charge in [0.25, 0.3) is 5.91 Å². The van der Waals surface area contributed by atoms with Crippen molar-refractivity contribution in [3.8, 4) is 5.88 Å². The highest BCUT2D eigenvalue weighted by atomic mass is 19.1. The van der Waals surface area contributed by atoms with E-state index in [2.05, 4.69) is 31.1 Å². The van der Waals surface area contributed by atoms with Gasteiger partial charge in [0.15, 0.2) is 0 Å². The number of benzene rings is 1. The number of hydrogen-bond donors (Lipinski definition) is 1. The van der Waals surface area contributed by atoms with Crippen molar-refractivity contribution in [3.63, 3.8) is 0 Å². The van der Waals surface area contributed by atoms with Crippen molar-refractivity contribution in [1.82, 2.24) is 10.3 Å². The van der Waals surface area contributed by atoms with Crippen molar-refractivity contribution in [2.24, 2.45) is 5.41 Å². The van der Waals surface area contributed by atoms with Gasteiger partial charge in [-0.1, -0.05) is 20.8 Å². The number of carbonyl (C=O) groups excluding carboxylic acids is 1. The van der Waals surface area contributed by atoms with E-state index >= 15 is 0 Å². The minimum atomic E-state index is -0.658. The largest absolute Gasteiger partial charge is 0.473 e. The summed E-state index contributed by atoms with van der Waals surface area (Å²) in [6, 6.07) is 6.34. The van der Waals surface area contributed by atoms with Crippen LogP contribution < -0.4 is 10.1 Å². The lowest BCUT2D eigenvalue weighted by Crippen LogP contribution is -2.27. The molecular formula is C19H22F2N2O2. The molecule has 0 bridgehead atoms. The molecule has 134 valence electrons. The Morgan fingerprint density at radius 3 is 2.40 bits per heavy atom. The summed E-state index contributed by atoms with van der Waals surface area (Å²) in [4.78, 5) is 16.1. The summed E-state index contributed by atoms with van der Waals surface area (Å²) in [5.41, 5.74) is 0.945. The Balaban J connectivity index is 1.87. The summed E-state index contributed by atoms with van der Waals surface area (Å²) in [6.45, 7) is 6.90. The Kier molecular flexibility index (Phi) is 6.07. The van der Waals surface area contributed by atoms with Crippen LogP contribution in [0.4, 0.5) is 8.78 Å². The molecule has 2 rings (SSSR count). The van der Waals surface area contributed by atoms with Crippen LogP contribution in [0.2, 0.25) is 0 Å². The highest BCUT2D eigenvalue weighted by Crippen LogP contribution is 2.17. The highest BCUT2D eigenvalue weighted by Gasteiger charge is 2.12. The number of aromatic nitrogens is 1. The molecule has 1 amide bonds. The van der Waals surface area contributed by atoms with E-state index in [1.807, 2.05) is 0 Å². The number of ether oxygens (including phenoxy) is 1. The average molecular weight is 348 g/mol. The molecule has 1 aromatic heterocycles. The van der Waals surface area contributed by atoms with Crippen LogP contribution >= 0.6 is 0 Å². The summed E-state index contributed by atoms with van der Waals surface area (Å²) in [7, 11) is 0. The second-order valence-corrected chi connectivity index (χ2v) is 7.02. The van der Waals surface area contributed by atoms with Crippen LogP contribution in [0.5, 0.6) is 5.88 Å². The first kappa shape index (κ1) is 18.8. The summed E-state index contributed by atoms with van der Waals surface area (Å²) in [5.74, 6) is -1.24. The van der Waals surface area contributed by atoms with Crippen molar-refractivity contribution >= 4 is 5.91 Å². The molecule has 0 fully saturated rings. The van der Waals surface area contributed by atoms with Crippen LogP contribution in [0.1, 0.15) is 43.1 Å². The monoisotopic (exact) mass is 348 g/mol. The first-order valence-electron chi connectivity index (χ1n) is 8.05. The van der Waals surface area contributed by atoms with Crippen molar-refractivity contribution < 1.29 is 18.3 Å². The molecule has 4 nitrogen and oxygen atoms in total. The van der Waals surface area contributed by atoms with Gasteiger partial charge in [-0.2, -0.15) is 0 Å². The van der Waals surface area contributed by atoms with E-state index in [-0.39, 0.29) is 23.8 Å². The maximum Gasteiger partial charge on any atom is 0.252 e. The number of hydrogen-bond acceptors (Lipinski definition) is 3. The second-order valence-electron chi connectivity index (χ2n) is 7.02. The predicted molar refractivity (Wildman–Crippen MR) is 91.3 cm³/mol. The standard InChI is InChI=1S/C19H22F2N2O2/c1-19(2,3)6-7-22-18(24)14-4-5-17(23-11-14)25-12-13-8-15(20)10-16(21)9-13/h4-5,8-11H,6-7,12H2,1-3H3,(H,22,24). The predicted octanol–water partition coefficient (Wildman–Crippen LogP) is 4.10. The Morgan fingerprint density at radius 2 is 1.84 bits per heavy atom. The number of amides is 1. The number of rotatable bonds is 6. The van der Waals surface area contributed by atoms with Gasteiger partial charge in [-0.25, -0.2) is 13.8 Å². The lowest BCUT2D eigenvalue weighted by atomic mass is 9.92. The molecule has 0 aliphatic carbocycles.